The van der Waals surface area contributed by atoms with Gasteiger partial charge in [0.05, 0.1) is 12.3 Å². The van der Waals surface area contributed by atoms with E-state index in [2.05, 4.69) is 4.72 Å². The maximum atomic E-state index is 11.5. The highest BCUT2D eigenvalue weighted by Gasteiger charge is 2.27. The molecular formula is C10H20N2O4S. The number of likely N-dealkylation sites (N-methyl/N-ethyl adjacent to an activating group) is 1. The quantitative estimate of drug-likeness (QED) is 0.728. The lowest BCUT2D eigenvalue weighted by molar-refractivity contribution is 0.131. The van der Waals surface area contributed by atoms with Crippen molar-refractivity contribution in [2.24, 2.45) is 0 Å². The number of ether oxygens (including phenoxy) is 1. The minimum atomic E-state index is -3.17. The van der Waals surface area contributed by atoms with E-state index in [1.165, 1.54) is 4.90 Å². The van der Waals surface area contributed by atoms with E-state index in [1.54, 1.807) is 7.05 Å². The van der Waals surface area contributed by atoms with Crippen molar-refractivity contribution in [1.82, 2.24) is 9.62 Å². The van der Waals surface area contributed by atoms with Gasteiger partial charge in [0.25, 0.3) is 0 Å². The molecule has 100 valence electrons. The van der Waals surface area contributed by atoms with Crippen molar-refractivity contribution >= 4 is 16.1 Å². The molecule has 1 atom stereocenters. The van der Waals surface area contributed by atoms with Crippen LogP contribution in [-0.2, 0) is 14.8 Å². The minimum absolute atomic E-state index is 0.161. The number of carbonyl (C=O) groups is 1. The molecule has 0 saturated carbocycles. The molecule has 0 spiro atoms. The number of sulfonamides is 1. The first-order valence-electron chi connectivity index (χ1n) is 5.83. The maximum absolute atomic E-state index is 11.5. The van der Waals surface area contributed by atoms with Crippen molar-refractivity contribution in [3.05, 3.63) is 0 Å². The highest BCUT2D eigenvalue weighted by Crippen LogP contribution is 2.11. The number of carbonyl (C=O) groups excluding carboxylic acids is 1. The fourth-order valence-electron chi connectivity index (χ4n) is 1.58. The lowest BCUT2D eigenvalue weighted by Gasteiger charge is -2.09. The molecule has 0 bridgehead atoms. The Labute approximate surface area is 102 Å². The lowest BCUT2D eigenvalue weighted by Crippen LogP contribution is -2.30. The van der Waals surface area contributed by atoms with E-state index in [-0.39, 0.29) is 18.0 Å². The van der Waals surface area contributed by atoms with Crippen molar-refractivity contribution in [3.63, 3.8) is 0 Å². The summed E-state index contributed by atoms with van der Waals surface area (Å²) in [6.45, 7) is 2.79. The SMILES string of the molecule is CCCCS(=O)(=O)NCCC1CN(C)C(=O)O1. The van der Waals surface area contributed by atoms with Gasteiger partial charge in [-0.05, 0) is 12.8 Å². The number of unbranched alkanes of at least 4 members (excludes halogenated alkanes) is 1. The molecule has 7 heteroatoms. The van der Waals surface area contributed by atoms with Gasteiger partial charge in [-0.1, -0.05) is 13.3 Å². The van der Waals surface area contributed by atoms with Crippen LogP contribution in [0.1, 0.15) is 26.2 Å². The Kier molecular flexibility index (Phi) is 5.20. The van der Waals surface area contributed by atoms with Crippen LogP contribution in [0.2, 0.25) is 0 Å². The van der Waals surface area contributed by atoms with E-state index in [1.807, 2.05) is 6.92 Å². The third-order valence-corrected chi connectivity index (χ3v) is 4.08. The molecule has 1 rings (SSSR count). The first-order chi connectivity index (χ1) is 7.94. The summed E-state index contributed by atoms with van der Waals surface area (Å²) in [7, 11) is -1.51. The fourth-order valence-corrected chi connectivity index (χ4v) is 2.82. The van der Waals surface area contributed by atoms with Crippen molar-refractivity contribution < 1.29 is 17.9 Å². The van der Waals surface area contributed by atoms with E-state index >= 15 is 0 Å². The normalized spacial score (nSPS) is 20.7. The second-order valence-corrected chi connectivity index (χ2v) is 6.17. The fraction of sp³-hybridized carbons (Fsp3) is 0.900. The molecule has 6 nitrogen and oxygen atoms in total. The zero-order valence-corrected chi connectivity index (χ0v) is 11.1. The van der Waals surface area contributed by atoms with Crippen LogP contribution in [-0.4, -0.2) is 51.4 Å². The van der Waals surface area contributed by atoms with Crippen molar-refractivity contribution in [2.45, 2.75) is 32.3 Å². The number of amides is 1. The molecule has 0 aromatic heterocycles. The van der Waals surface area contributed by atoms with Crippen LogP contribution in [0.3, 0.4) is 0 Å². The summed E-state index contributed by atoms with van der Waals surface area (Å²) in [5.74, 6) is 0.161. The van der Waals surface area contributed by atoms with Gasteiger partial charge in [-0.3, -0.25) is 0 Å². The second-order valence-electron chi connectivity index (χ2n) is 4.24. The highest BCUT2D eigenvalue weighted by molar-refractivity contribution is 7.89. The minimum Gasteiger partial charge on any atom is -0.444 e. The van der Waals surface area contributed by atoms with Crippen LogP contribution in [0.4, 0.5) is 4.79 Å². The summed E-state index contributed by atoms with van der Waals surface area (Å²) in [6.07, 6.45) is 1.48. The Morgan fingerprint density at radius 1 is 1.53 bits per heavy atom. The van der Waals surface area contributed by atoms with Crippen molar-refractivity contribution in [3.8, 4) is 0 Å². The predicted octanol–water partition coefficient (Wildman–Crippen LogP) is 0.547. The molecule has 0 aromatic rings. The number of cyclic esters (lactones) is 1. The van der Waals surface area contributed by atoms with Gasteiger partial charge >= 0.3 is 6.09 Å². The first kappa shape index (κ1) is 14.2. The van der Waals surface area contributed by atoms with E-state index < -0.39 is 10.0 Å². The monoisotopic (exact) mass is 264 g/mol. The third-order valence-electron chi connectivity index (χ3n) is 2.61. The lowest BCUT2D eigenvalue weighted by atomic mass is 10.2. The van der Waals surface area contributed by atoms with Crippen LogP contribution in [0.5, 0.6) is 0 Å². The highest BCUT2D eigenvalue weighted by atomic mass is 32.2. The molecule has 0 radical (unpaired) electrons. The van der Waals surface area contributed by atoms with E-state index in [9.17, 15) is 13.2 Å². The van der Waals surface area contributed by atoms with Crippen molar-refractivity contribution in [2.75, 3.05) is 25.9 Å². The molecule has 1 aliphatic heterocycles. The molecule has 0 aromatic carbocycles. The van der Waals surface area contributed by atoms with Gasteiger partial charge in [0.1, 0.15) is 6.10 Å². The Morgan fingerprint density at radius 2 is 2.24 bits per heavy atom. The van der Waals surface area contributed by atoms with Crippen LogP contribution in [0.25, 0.3) is 0 Å². The van der Waals surface area contributed by atoms with Gasteiger partial charge in [-0.2, -0.15) is 0 Å². The van der Waals surface area contributed by atoms with Crippen LogP contribution < -0.4 is 4.72 Å². The van der Waals surface area contributed by atoms with Gasteiger partial charge < -0.3 is 9.64 Å². The summed E-state index contributed by atoms with van der Waals surface area (Å²) < 4.78 is 30.5. The smallest absolute Gasteiger partial charge is 0.409 e. The van der Waals surface area contributed by atoms with E-state index in [0.717, 1.165) is 6.42 Å². The number of hydrogen-bond acceptors (Lipinski definition) is 4. The van der Waals surface area contributed by atoms with E-state index in [0.29, 0.717) is 25.9 Å². The molecular weight excluding hydrogens is 244 g/mol. The van der Waals surface area contributed by atoms with Gasteiger partial charge in [-0.25, -0.2) is 17.9 Å². The van der Waals surface area contributed by atoms with Gasteiger partial charge in [0.15, 0.2) is 0 Å². The first-order valence-corrected chi connectivity index (χ1v) is 7.49. The van der Waals surface area contributed by atoms with Crippen LogP contribution >= 0.6 is 0 Å². The maximum Gasteiger partial charge on any atom is 0.409 e. The summed E-state index contributed by atoms with van der Waals surface area (Å²) >= 11 is 0. The van der Waals surface area contributed by atoms with Gasteiger partial charge in [0, 0.05) is 13.6 Å². The zero-order chi connectivity index (χ0) is 12.9. The summed E-state index contributed by atoms with van der Waals surface area (Å²) in [5.41, 5.74) is 0. The molecule has 17 heavy (non-hydrogen) atoms. The average molecular weight is 264 g/mol. The molecule has 1 saturated heterocycles. The summed E-state index contributed by atoms with van der Waals surface area (Å²) in [6, 6.07) is 0. The predicted molar refractivity (Wildman–Crippen MR) is 64.2 cm³/mol. The van der Waals surface area contributed by atoms with E-state index in [4.69, 9.17) is 4.74 Å². The molecule has 1 heterocycles. The molecule has 1 N–H and O–H groups in total. The average Bonchev–Trinajstić information content (AvgIpc) is 2.55. The van der Waals surface area contributed by atoms with Gasteiger partial charge in [-0.15, -0.1) is 0 Å². The summed E-state index contributed by atoms with van der Waals surface area (Å²) in [4.78, 5) is 12.5. The Hall–Kier alpha value is -0.820. The standard InChI is InChI=1S/C10H20N2O4S/c1-3-4-7-17(14,15)11-6-5-9-8-12(2)10(13)16-9/h9,11H,3-8H2,1-2H3. The summed E-state index contributed by atoms with van der Waals surface area (Å²) in [5, 5.41) is 0. The largest absolute Gasteiger partial charge is 0.444 e. The third kappa shape index (κ3) is 4.91. The van der Waals surface area contributed by atoms with Crippen LogP contribution in [0.15, 0.2) is 0 Å². The topological polar surface area (TPSA) is 75.7 Å². The number of hydrogen-bond donors (Lipinski definition) is 1. The Balaban J connectivity index is 2.22. The van der Waals surface area contributed by atoms with Crippen LogP contribution in [0, 0.1) is 0 Å². The van der Waals surface area contributed by atoms with Gasteiger partial charge in [0.2, 0.25) is 10.0 Å². The molecule has 1 unspecified atom stereocenters. The molecule has 0 aliphatic carbocycles. The molecule has 1 fully saturated rings. The Bertz CT molecular complexity index is 355. The number of nitrogens with one attached hydrogen (secondary N) is 1. The number of nitrogens with zero attached hydrogens (tertiary/aromatic N) is 1. The Morgan fingerprint density at radius 3 is 2.76 bits per heavy atom. The second kappa shape index (κ2) is 6.20. The zero-order valence-electron chi connectivity index (χ0n) is 10.3. The molecule has 1 aliphatic rings. The number of rotatable bonds is 7. The molecule has 1 amide bonds. The van der Waals surface area contributed by atoms with Crippen molar-refractivity contribution in [1.29, 1.82) is 0 Å².